The largest absolute Gasteiger partial charge is 0.466 e. The van der Waals surface area contributed by atoms with Crippen molar-refractivity contribution in [2.24, 2.45) is 0 Å². The summed E-state index contributed by atoms with van der Waals surface area (Å²) in [7, 11) is 0. The highest BCUT2D eigenvalue weighted by atomic mass is 16.5. The zero-order valence-electron chi connectivity index (χ0n) is 45.1. The van der Waals surface area contributed by atoms with Gasteiger partial charge >= 0.3 is 5.97 Å². The van der Waals surface area contributed by atoms with Gasteiger partial charge in [0.25, 0.3) is 0 Å². The fourth-order valence-corrected chi connectivity index (χ4v) is 9.34. The van der Waals surface area contributed by atoms with Crippen LogP contribution in [0.1, 0.15) is 328 Å². The van der Waals surface area contributed by atoms with E-state index in [2.05, 4.69) is 43.5 Å². The minimum atomic E-state index is -0.667. The minimum Gasteiger partial charge on any atom is -0.466 e. The highest BCUT2D eigenvalue weighted by molar-refractivity contribution is 5.76. The molecule has 0 aliphatic carbocycles. The Morgan fingerprint density at radius 3 is 1.06 bits per heavy atom. The molecule has 6 heteroatoms. The first kappa shape index (κ1) is 65.3. The number of amides is 1. The first-order chi connectivity index (χ1) is 33.0. The van der Waals surface area contributed by atoms with Gasteiger partial charge in [-0.25, -0.2) is 0 Å². The second kappa shape index (κ2) is 56.9. The van der Waals surface area contributed by atoms with Gasteiger partial charge in [0.05, 0.1) is 25.4 Å². The van der Waals surface area contributed by atoms with Crippen LogP contribution in [0.2, 0.25) is 0 Å². The van der Waals surface area contributed by atoms with Crippen LogP contribution in [-0.4, -0.2) is 47.4 Å². The van der Waals surface area contributed by atoms with Crippen LogP contribution in [0.3, 0.4) is 0 Å². The predicted octanol–water partition coefficient (Wildman–Crippen LogP) is 18.6. The number of aliphatic hydroxyl groups excluding tert-OH is 2. The number of aliphatic hydroxyl groups is 2. The lowest BCUT2D eigenvalue weighted by Gasteiger charge is -2.22. The van der Waals surface area contributed by atoms with Crippen LogP contribution in [0, 0.1) is 0 Å². The summed E-state index contributed by atoms with van der Waals surface area (Å²) < 4.78 is 5.48. The lowest BCUT2D eigenvalue weighted by Crippen LogP contribution is -2.45. The SMILES string of the molecule is CCCCCCCCC/C=C\CCCCCCCC(=O)OCCCCCCCCCCCCC/C=C\CCCCCCCCCC(=O)NC(CO)C(O)CCCCCCCCCCCCCC. The number of hydrogen-bond donors (Lipinski definition) is 3. The number of nitrogens with one attached hydrogen (secondary N) is 1. The molecule has 1 amide bonds. The quantitative estimate of drug-likeness (QED) is 0.0321. The van der Waals surface area contributed by atoms with Crippen molar-refractivity contribution in [3.05, 3.63) is 24.3 Å². The molecule has 0 bridgehead atoms. The zero-order valence-corrected chi connectivity index (χ0v) is 45.1. The summed E-state index contributed by atoms with van der Waals surface area (Å²) in [5.74, 6) is -0.0391. The minimum absolute atomic E-state index is 0.00276. The van der Waals surface area contributed by atoms with Crippen molar-refractivity contribution >= 4 is 11.9 Å². The fraction of sp³-hybridized carbons (Fsp3) is 0.902. The first-order valence-corrected chi connectivity index (χ1v) is 30.1. The summed E-state index contributed by atoms with van der Waals surface area (Å²) in [5, 5.41) is 23.2. The van der Waals surface area contributed by atoms with Crippen LogP contribution in [0.5, 0.6) is 0 Å². The Balaban J connectivity index is 3.40. The van der Waals surface area contributed by atoms with Crippen LogP contribution in [-0.2, 0) is 14.3 Å². The summed E-state index contributed by atoms with van der Waals surface area (Å²) in [4.78, 5) is 24.5. The fourth-order valence-electron chi connectivity index (χ4n) is 9.34. The Hall–Kier alpha value is -1.66. The maximum atomic E-state index is 12.4. The maximum Gasteiger partial charge on any atom is 0.305 e. The second-order valence-corrected chi connectivity index (χ2v) is 20.7. The molecule has 0 saturated heterocycles. The van der Waals surface area contributed by atoms with Crippen molar-refractivity contribution in [2.75, 3.05) is 13.2 Å². The van der Waals surface area contributed by atoms with E-state index in [0.717, 1.165) is 44.9 Å². The van der Waals surface area contributed by atoms with Crippen molar-refractivity contribution in [3.8, 4) is 0 Å². The first-order valence-electron chi connectivity index (χ1n) is 30.1. The summed E-state index contributed by atoms with van der Waals surface area (Å²) in [6.45, 7) is 4.95. The van der Waals surface area contributed by atoms with Crippen molar-refractivity contribution in [1.29, 1.82) is 0 Å². The second-order valence-electron chi connectivity index (χ2n) is 20.7. The third kappa shape index (κ3) is 53.5. The lowest BCUT2D eigenvalue weighted by atomic mass is 10.0. The van der Waals surface area contributed by atoms with Crippen LogP contribution >= 0.6 is 0 Å². The van der Waals surface area contributed by atoms with Crippen molar-refractivity contribution in [2.45, 2.75) is 341 Å². The van der Waals surface area contributed by atoms with Gasteiger partial charge < -0.3 is 20.3 Å². The molecule has 67 heavy (non-hydrogen) atoms. The van der Waals surface area contributed by atoms with Gasteiger partial charge in [0.1, 0.15) is 0 Å². The van der Waals surface area contributed by atoms with E-state index in [1.807, 2.05) is 0 Å². The summed E-state index contributed by atoms with van der Waals surface area (Å²) in [6.07, 6.45) is 68.9. The normalized spacial score (nSPS) is 12.7. The molecule has 3 N–H and O–H groups in total. The van der Waals surface area contributed by atoms with Gasteiger partial charge in [-0.1, -0.05) is 263 Å². The van der Waals surface area contributed by atoms with E-state index in [4.69, 9.17) is 4.74 Å². The molecule has 2 atom stereocenters. The number of rotatable bonds is 56. The molecule has 0 saturated carbocycles. The van der Waals surface area contributed by atoms with Gasteiger partial charge in [-0.2, -0.15) is 0 Å². The Morgan fingerprint density at radius 1 is 0.403 bits per heavy atom. The highest BCUT2D eigenvalue weighted by Gasteiger charge is 2.20. The Labute approximate surface area is 418 Å². The molecule has 0 aliphatic rings. The molecular weight excluding hydrogens is 827 g/mol. The molecule has 2 unspecified atom stereocenters. The number of hydrogen-bond acceptors (Lipinski definition) is 5. The van der Waals surface area contributed by atoms with E-state index < -0.39 is 12.1 Å². The molecule has 0 spiro atoms. The van der Waals surface area contributed by atoms with E-state index in [1.165, 1.54) is 250 Å². The molecule has 396 valence electrons. The molecule has 6 nitrogen and oxygen atoms in total. The average Bonchev–Trinajstić information content (AvgIpc) is 3.33. The van der Waals surface area contributed by atoms with Gasteiger partial charge in [0, 0.05) is 12.8 Å². The molecule has 0 aromatic carbocycles. The average molecular weight is 945 g/mol. The van der Waals surface area contributed by atoms with Gasteiger partial charge in [-0.15, -0.1) is 0 Å². The van der Waals surface area contributed by atoms with E-state index in [0.29, 0.717) is 25.9 Å². The standard InChI is InChI=1S/C61H117NO5/c1-3-5-7-9-11-13-15-17-18-28-31-35-39-43-47-51-55-61(66)67-56-52-48-44-40-36-32-29-26-24-22-20-19-21-23-25-27-30-34-38-42-46-50-54-60(65)62-58(57-63)59(64)53-49-45-41-37-33-16-14-12-10-8-6-4-2/h18,21,23,28,58-59,63-64H,3-17,19-20,22,24-27,29-57H2,1-2H3,(H,62,65)/b23-21-,28-18-. The van der Waals surface area contributed by atoms with Crippen LogP contribution in [0.25, 0.3) is 0 Å². The molecule has 0 rings (SSSR count). The van der Waals surface area contributed by atoms with Crippen LogP contribution in [0.15, 0.2) is 24.3 Å². The molecule has 0 radical (unpaired) electrons. The monoisotopic (exact) mass is 944 g/mol. The van der Waals surface area contributed by atoms with Gasteiger partial charge in [0.2, 0.25) is 5.91 Å². The number of carbonyl (C=O) groups is 2. The number of esters is 1. The lowest BCUT2D eigenvalue weighted by molar-refractivity contribution is -0.143. The number of ether oxygens (including phenoxy) is 1. The third-order valence-corrected chi connectivity index (χ3v) is 14.0. The predicted molar refractivity (Wildman–Crippen MR) is 292 cm³/mol. The summed E-state index contributed by atoms with van der Waals surface area (Å²) in [5.41, 5.74) is 0. The van der Waals surface area contributed by atoms with E-state index in [9.17, 15) is 19.8 Å². The van der Waals surface area contributed by atoms with Gasteiger partial charge in [-0.05, 0) is 77.0 Å². The van der Waals surface area contributed by atoms with E-state index in [-0.39, 0.29) is 18.5 Å². The Kier molecular flexibility index (Phi) is 55.5. The molecule has 0 aromatic rings. The topological polar surface area (TPSA) is 95.9 Å². The summed E-state index contributed by atoms with van der Waals surface area (Å²) >= 11 is 0. The molecule has 0 aliphatic heterocycles. The van der Waals surface area contributed by atoms with Crippen molar-refractivity contribution in [3.63, 3.8) is 0 Å². The molecule has 0 aromatic heterocycles. The number of allylic oxidation sites excluding steroid dienone is 4. The number of unbranched alkanes of at least 4 members (excludes halogenated alkanes) is 41. The van der Waals surface area contributed by atoms with Crippen molar-refractivity contribution < 1.29 is 24.5 Å². The molecule has 0 fully saturated rings. The molecule has 0 heterocycles. The number of carbonyl (C=O) groups excluding carboxylic acids is 2. The van der Waals surface area contributed by atoms with Crippen molar-refractivity contribution in [1.82, 2.24) is 5.32 Å². The zero-order chi connectivity index (χ0) is 48.6. The van der Waals surface area contributed by atoms with E-state index in [1.54, 1.807) is 0 Å². The third-order valence-electron chi connectivity index (χ3n) is 14.0. The Bertz CT molecular complexity index is 1040. The van der Waals surface area contributed by atoms with Gasteiger partial charge in [-0.3, -0.25) is 9.59 Å². The maximum absolute atomic E-state index is 12.4. The Morgan fingerprint density at radius 2 is 0.701 bits per heavy atom. The summed E-state index contributed by atoms with van der Waals surface area (Å²) in [6, 6.07) is -0.545. The molecular formula is C61H117NO5. The highest BCUT2D eigenvalue weighted by Crippen LogP contribution is 2.17. The smallest absolute Gasteiger partial charge is 0.305 e. The van der Waals surface area contributed by atoms with E-state index >= 15 is 0 Å². The van der Waals surface area contributed by atoms with Gasteiger partial charge in [0.15, 0.2) is 0 Å². The van der Waals surface area contributed by atoms with Crippen LogP contribution in [0.4, 0.5) is 0 Å². The van der Waals surface area contributed by atoms with Crippen LogP contribution < -0.4 is 5.32 Å².